The number of carbonyl (C=O) groups is 1. The fourth-order valence-electron chi connectivity index (χ4n) is 3.04. The molecule has 0 spiro atoms. The molecule has 2 aromatic carbocycles. The number of alkyl halides is 3. The third-order valence-electron chi connectivity index (χ3n) is 4.72. The van der Waals surface area contributed by atoms with Crippen molar-refractivity contribution in [3.63, 3.8) is 0 Å². The average molecular weight is 470 g/mol. The van der Waals surface area contributed by atoms with E-state index >= 15 is 0 Å². The number of halogens is 3. The van der Waals surface area contributed by atoms with Gasteiger partial charge < -0.3 is 14.5 Å². The van der Waals surface area contributed by atoms with Gasteiger partial charge >= 0.3 is 12.2 Å². The van der Waals surface area contributed by atoms with Crippen molar-refractivity contribution >= 4 is 11.6 Å². The predicted molar refractivity (Wildman–Crippen MR) is 119 cm³/mol. The van der Waals surface area contributed by atoms with Crippen LogP contribution in [0.15, 0.2) is 71.3 Å². The number of rotatable bonds is 7. The number of furan rings is 1. The van der Waals surface area contributed by atoms with Crippen LogP contribution in [0, 0.1) is 5.92 Å². The SMILES string of the molecule is CC(C)COc1nc(-c2ccco2)n(-c2ccc(NC(=O)c3ccc(C(F)(F)F)cc3)cc2)n1. The molecule has 176 valence electrons. The Balaban J connectivity index is 1.52. The third-order valence-corrected chi connectivity index (χ3v) is 4.72. The Morgan fingerprint density at radius 1 is 1.09 bits per heavy atom. The van der Waals surface area contributed by atoms with E-state index in [9.17, 15) is 18.0 Å². The van der Waals surface area contributed by atoms with Crippen molar-refractivity contribution in [3.8, 4) is 23.3 Å². The van der Waals surface area contributed by atoms with E-state index in [-0.39, 0.29) is 11.6 Å². The van der Waals surface area contributed by atoms with Crippen LogP contribution in [0.3, 0.4) is 0 Å². The second kappa shape index (κ2) is 9.42. The quantitative estimate of drug-likeness (QED) is 0.367. The number of benzene rings is 2. The van der Waals surface area contributed by atoms with Crippen LogP contribution in [0.1, 0.15) is 29.8 Å². The van der Waals surface area contributed by atoms with Crippen LogP contribution in [-0.4, -0.2) is 27.3 Å². The maximum atomic E-state index is 12.7. The normalized spacial score (nSPS) is 11.6. The first-order valence-electron chi connectivity index (χ1n) is 10.4. The summed E-state index contributed by atoms with van der Waals surface area (Å²) in [4.78, 5) is 16.8. The Hall–Kier alpha value is -4.08. The smallest absolute Gasteiger partial charge is 0.416 e. The molecule has 10 heteroatoms. The van der Waals surface area contributed by atoms with Gasteiger partial charge in [-0.1, -0.05) is 13.8 Å². The molecule has 0 aliphatic heterocycles. The van der Waals surface area contributed by atoms with Gasteiger partial charge in [-0.25, -0.2) is 4.68 Å². The molecule has 4 rings (SSSR count). The number of nitrogens with one attached hydrogen (secondary N) is 1. The lowest BCUT2D eigenvalue weighted by Gasteiger charge is -2.09. The minimum Gasteiger partial charge on any atom is -0.462 e. The number of hydrogen-bond acceptors (Lipinski definition) is 5. The van der Waals surface area contributed by atoms with Gasteiger partial charge in [0.05, 0.1) is 24.1 Å². The van der Waals surface area contributed by atoms with Crippen LogP contribution in [0.25, 0.3) is 17.3 Å². The van der Waals surface area contributed by atoms with Crippen LogP contribution >= 0.6 is 0 Å². The number of nitrogens with zero attached hydrogens (tertiary/aromatic N) is 3. The molecule has 4 aromatic rings. The standard InChI is InChI=1S/C24H21F3N4O3/c1-15(2)14-34-23-29-21(20-4-3-13-33-20)31(30-23)19-11-9-18(10-12-19)28-22(32)16-5-7-17(8-6-16)24(25,26)27/h3-13,15H,14H2,1-2H3,(H,28,32). The maximum absolute atomic E-state index is 12.7. The minimum absolute atomic E-state index is 0.111. The van der Waals surface area contributed by atoms with Crippen molar-refractivity contribution < 1.29 is 27.1 Å². The van der Waals surface area contributed by atoms with Crippen molar-refractivity contribution in [2.75, 3.05) is 11.9 Å². The lowest BCUT2D eigenvalue weighted by molar-refractivity contribution is -0.137. The van der Waals surface area contributed by atoms with Crippen molar-refractivity contribution in [2.45, 2.75) is 20.0 Å². The van der Waals surface area contributed by atoms with Crippen LogP contribution in [0.5, 0.6) is 6.01 Å². The first-order chi connectivity index (χ1) is 16.2. The van der Waals surface area contributed by atoms with E-state index in [2.05, 4.69) is 15.4 Å². The number of amides is 1. The van der Waals surface area contributed by atoms with Gasteiger partial charge in [0.2, 0.25) is 5.82 Å². The summed E-state index contributed by atoms with van der Waals surface area (Å²) in [7, 11) is 0. The second-order valence-electron chi connectivity index (χ2n) is 7.89. The lowest BCUT2D eigenvalue weighted by atomic mass is 10.1. The van der Waals surface area contributed by atoms with E-state index in [1.165, 1.54) is 6.26 Å². The molecule has 0 atom stereocenters. The van der Waals surface area contributed by atoms with Crippen molar-refractivity contribution in [1.29, 1.82) is 0 Å². The van der Waals surface area contributed by atoms with Crippen LogP contribution in [0.2, 0.25) is 0 Å². The van der Waals surface area contributed by atoms with E-state index in [1.807, 2.05) is 13.8 Å². The zero-order chi connectivity index (χ0) is 24.3. The Kier molecular flexibility index (Phi) is 6.40. The summed E-state index contributed by atoms with van der Waals surface area (Å²) >= 11 is 0. The lowest BCUT2D eigenvalue weighted by Crippen LogP contribution is -2.13. The van der Waals surface area contributed by atoms with Gasteiger partial charge in [0, 0.05) is 11.3 Å². The molecule has 1 amide bonds. The maximum Gasteiger partial charge on any atom is 0.416 e. The van der Waals surface area contributed by atoms with Crippen molar-refractivity contribution in [1.82, 2.24) is 14.8 Å². The summed E-state index contributed by atoms with van der Waals surface area (Å²) < 4.78 is 50.8. The summed E-state index contributed by atoms with van der Waals surface area (Å²) in [5.74, 6) is 0.728. The van der Waals surface area contributed by atoms with E-state index < -0.39 is 17.6 Å². The fraction of sp³-hybridized carbons (Fsp3) is 0.208. The van der Waals surface area contributed by atoms with Gasteiger partial charge in [-0.2, -0.15) is 18.2 Å². The summed E-state index contributed by atoms with van der Waals surface area (Å²) in [6.07, 6.45) is -2.93. The topological polar surface area (TPSA) is 82.2 Å². The Morgan fingerprint density at radius 2 is 1.79 bits per heavy atom. The molecule has 0 aliphatic rings. The van der Waals surface area contributed by atoms with Crippen LogP contribution in [0.4, 0.5) is 18.9 Å². The number of hydrogen-bond donors (Lipinski definition) is 1. The number of anilines is 1. The minimum atomic E-state index is -4.46. The van der Waals surface area contributed by atoms with E-state index in [1.54, 1.807) is 41.1 Å². The molecule has 34 heavy (non-hydrogen) atoms. The summed E-state index contributed by atoms with van der Waals surface area (Å²) in [6.45, 7) is 4.49. The van der Waals surface area contributed by atoms with Crippen LogP contribution < -0.4 is 10.1 Å². The summed E-state index contributed by atoms with van der Waals surface area (Å²) in [5.41, 5.74) is 0.404. The molecule has 0 radical (unpaired) electrons. The Bertz CT molecular complexity index is 1250. The van der Waals surface area contributed by atoms with Gasteiger partial charge in [-0.3, -0.25) is 4.79 Å². The first kappa shape index (κ1) is 23.1. The van der Waals surface area contributed by atoms with Crippen molar-refractivity contribution in [2.24, 2.45) is 5.92 Å². The molecule has 0 saturated carbocycles. The Morgan fingerprint density at radius 3 is 2.38 bits per heavy atom. The highest BCUT2D eigenvalue weighted by Crippen LogP contribution is 2.29. The Labute approximate surface area is 193 Å². The number of ether oxygens (including phenoxy) is 1. The molecular weight excluding hydrogens is 449 g/mol. The molecule has 2 aromatic heterocycles. The van der Waals surface area contributed by atoms with E-state index in [0.717, 1.165) is 24.3 Å². The fourth-order valence-corrected chi connectivity index (χ4v) is 3.04. The molecule has 2 heterocycles. The summed E-state index contributed by atoms with van der Waals surface area (Å²) in [6, 6.07) is 14.5. The highest BCUT2D eigenvalue weighted by atomic mass is 19.4. The molecule has 7 nitrogen and oxygen atoms in total. The molecule has 0 saturated heterocycles. The van der Waals surface area contributed by atoms with E-state index in [0.29, 0.717) is 35.5 Å². The summed E-state index contributed by atoms with van der Waals surface area (Å²) in [5, 5.41) is 7.09. The van der Waals surface area contributed by atoms with E-state index in [4.69, 9.17) is 9.15 Å². The van der Waals surface area contributed by atoms with Gasteiger partial charge in [0.25, 0.3) is 5.91 Å². The highest BCUT2D eigenvalue weighted by Gasteiger charge is 2.30. The van der Waals surface area contributed by atoms with Crippen molar-refractivity contribution in [3.05, 3.63) is 78.1 Å². The molecule has 0 aliphatic carbocycles. The molecule has 1 N–H and O–H groups in total. The number of aromatic nitrogens is 3. The van der Waals surface area contributed by atoms with Crippen LogP contribution in [-0.2, 0) is 6.18 Å². The monoisotopic (exact) mass is 470 g/mol. The second-order valence-corrected chi connectivity index (χ2v) is 7.89. The first-order valence-corrected chi connectivity index (χ1v) is 10.4. The largest absolute Gasteiger partial charge is 0.462 e. The van der Waals surface area contributed by atoms with Gasteiger partial charge in [-0.05, 0) is 66.6 Å². The molecular formula is C24H21F3N4O3. The molecule has 0 bridgehead atoms. The number of carbonyl (C=O) groups excluding carboxylic acids is 1. The molecule has 0 fully saturated rings. The zero-order valence-electron chi connectivity index (χ0n) is 18.3. The zero-order valence-corrected chi connectivity index (χ0v) is 18.3. The van der Waals surface area contributed by atoms with Gasteiger partial charge in [0.15, 0.2) is 5.76 Å². The highest BCUT2D eigenvalue weighted by molar-refractivity contribution is 6.04. The molecule has 0 unspecified atom stereocenters. The van der Waals surface area contributed by atoms with Gasteiger partial charge in [-0.15, -0.1) is 5.10 Å². The predicted octanol–water partition coefficient (Wildman–Crippen LogP) is 5.83. The average Bonchev–Trinajstić information content (AvgIpc) is 3.48. The third kappa shape index (κ3) is 5.28. The van der Waals surface area contributed by atoms with Gasteiger partial charge in [0.1, 0.15) is 0 Å².